The van der Waals surface area contributed by atoms with Crippen LogP contribution >= 0.6 is 0 Å². The van der Waals surface area contributed by atoms with Crippen LogP contribution < -0.4 is 5.48 Å². The van der Waals surface area contributed by atoms with Crippen LogP contribution in [0, 0.1) is 5.92 Å². The number of nitrogens with one attached hydrogen (secondary N) is 1. The highest BCUT2D eigenvalue weighted by Gasteiger charge is 2.38. The minimum absolute atomic E-state index is 0.00618. The van der Waals surface area contributed by atoms with E-state index >= 15 is 0 Å². The van der Waals surface area contributed by atoms with Gasteiger partial charge in [-0.25, -0.2) is 5.48 Å². The summed E-state index contributed by atoms with van der Waals surface area (Å²) in [6.45, 7) is 14.7. The number of hydroxylamine groups is 1. The summed E-state index contributed by atoms with van der Waals surface area (Å²) in [5, 5.41) is 0.119. The Morgan fingerprint density at radius 3 is 2.25 bits per heavy atom. The third-order valence-corrected chi connectivity index (χ3v) is 7.61. The normalized spacial score (nSPS) is 14.7. The molecule has 0 radical (unpaired) electrons. The Labute approximate surface area is 101 Å². The van der Waals surface area contributed by atoms with E-state index in [9.17, 15) is 4.79 Å². The van der Waals surface area contributed by atoms with E-state index in [1.807, 2.05) is 6.92 Å². The van der Waals surface area contributed by atoms with Gasteiger partial charge in [0.25, 0.3) is 0 Å². The quantitative estimate of drug-likeness (QED) is 0.595. The summed E-state index contributed by atoms with van der Waals surface area (Å²) in [4.78, 5) is 11.7. The lowest BCUT2D eigenvalue weighted by Gasteiger charge is -2.35. The SMILES string of the molecule is CCCC(C)C(=O)NO[Si](C)(C)C(C)(C)C. The molecule has 1 N–H and O–H groups in total. The zero-order valence-electron chi connectivity index (χ0n) is 11.8. The number of carbonyl (C=O) groups excluding carboxylic acids is 1. The maximum atomic E-state index is 11.7. The molecule has 3 nitrogen and oxygen atoms in total. The number of amides is 1. The zero-order valence-corrected chi connectivity index (χ0v) is 12.8. The van der Waals surface area contributed by atoms with Crippen molar-refractivity contribution in [3.8, 4) is 0 Å². The smallest absolute Gasteiger partial charge is 0.245 e. The lowest BCUT2D eigenvalue weighted by molar-refractivity contribution is -0.132. The van der Waals surface area contributed by atoms with Crippen LogP contribution in [0.25, 0.3) is 0 Å². The van der Waals surface area contributed by atoms with E-state index in [-0.39, 0.29) is 16.9 Å². The molecule has 4 heteroatoms. The second kappa shape index (κ2) is 5.82. The lowest BCUT2D eigenvalue weighted by atomic mass is 10.1. The highest BCUT2D eigenvalue weighted by atomic mass is 28.4. The molecule has 16 heavy (non-hydrogen) atoms. The summed E-state index contributed by atoms with van der Waals surface area (Å²) in [5.74, 6) is 0.0430. The van der Waals surface area contributed by atoms with Crippen molar-refractivity contribution in [1.29, 1.82) is 0 Å². The van der Waals surface area contributed by atoms with Gasteiger partial charge < -0.3 is 4.53 Å². The van der Waals surface area contributed by atoms with E-state index in [0.717, 1.165) is 12.8 Å². The fourth-order valence-electron chi connectivity index (χ4n) is 0.996. The first-order valence-electron chi connectivity index (χ1n) is 6.09. The minimum atomic E-state index is -1.87. The average molecular weight is 245 g/mol. The van der Waals surface area contributed by atoms with Gasteiger partial charge in [-0.3, -0.25) is 4.79 Å². The third-order valence-electron chi connectivity index (χ3n) is 3.38. The molecular weight excluding hydrogens is 218 g/mol. The third kappa shape index (κ3) is 4.66. The molecule has 0 saturated carbocycles. The summed E-state index contributed by atoms with van der Waals surface area (Å²) in [5.41, 5.74) is 2.64. The first-order valence-corrected chi connectivity index (χ1v) is 9.00. The molecule has 0 heterocycles. The molecule has 0 aliphatic rings. The van der Waals surface area contributed by atoms with Crippen LogP contribution in [-0.4, -0.2) is 14.2 Å². The molecule has 0 aromatic carbocycles. The molecule has 0 bridgehead atoms. The number of carbonyl (C=O) groups is 1. The Kier molecular flexibility index (Phi) is 5.69. The van der Waals surface area contributed by atoms with Gasteiger partial charge in [0.15, 0.2) is 0 Å². The van der Waals surface area contributed by atoms with Gasteiger partial charge in [0.1, 0.15) is 0 Å². The zero-order chi connectivity index (χ0) is 13.0. The van der Waals surface area contributed by atoms with Crippen molar-refractivity contribution in [2.24, 2.45) is 5.92 Å². The Hall–Kier alpha value is -0.353. The molecule has 0 rings (SSSR count). The topological polar surface area (TPSA) is 38.3 Å². The fourth-order valence-corrected chi connectivity index (χ4v) is 1.66. The second-order valence-electron chi connectivity index (χ2n) is 6.02. The Balaban J connectivity index is 4.20. The van der Waals surface area contributed by atoms with Crippen LogP contribution in [0.15, 0.2) is 0 Å². The van der Waals surface area contributed by atoms with Crippen molar-refractivity contribution in [2.75, 3.05) is 0 Å². The van der Waals surface area contributed by atoms with E-state index in [4.69, 9.17) is 4.53 Å². The highest BCUT2D eigenvalue weighted by molar-refractivity contribution is 6.74. The second-order valence-corrected chi connectivity index (χ2v) is 10.7. The number of hydrogen-bond donors (Lipinski definition) is 1. The minimum Gasteiger partial charge on any atom is -0.320 e. The van der Waals surface area contributed by atoms with E-state index in [1.54, 1.807) is 0 Å². The van der Waals surface area contributed by atoms with Crippen LogP contribution in [0.3, 0.4) is 0 Å². The standard InChI is InChI=1S/C12H27NO2Si/c1-8-9-10(2)11(14)13-15-16(6,7)12(3,4)5/h10H,8-9H2,1-7H3,(H,13,14). The summed E-state index contributed by atoms with van der Waals surface area (Å²) in [6.07, 6.45) is 1.93. The van der Waals surface area contributed by atoms with E-state index in [1.165, 1.54) is 0 Å². The van der Waals surface area contributed by atoms with Crippen molar-refractivity contribution in [2.45, 2.75) is 65.6 Å². The van der Waals surface area contributed by atoms with Gasteiger partial charge in [-0.1, -0.05) is 41.0 Å². The molecule has 1 unspecified atom stereocenters. The predicted octanol–water partition coefficient (Wildman–Crippen LogP) is 3.48. The Morgan fingerprint density at radius 1 is 1.38 bits per heavy atom. The molecule has 1 amide bonds. The molecule has 0 saturated heterocycles. The van der Waals surface area contributed by atoms with E-state index in [2.05, 4.69) is 46.3 Å². The maximum absolute atomic E-state index is 11.7. The Morgan fingerprint density at radius 2 is 1.88 bits per heavy atom. The van der Waals surface area contributed by atoms with Crippen LogP contribution in [0.1, 0.15) is 47.5 Å². The molecule has 96 valence electrons. The summed E-state index contributed by atoms with van der Waals surface area (Å²) in [6, 6.07) is 0. The summed E-state index contributed by atoms with van der Waals surface area (Å²) < 4.78 is 5.66. The molecule has 0 spiro atoms. The Bertz CT molecular complexity index is 234. The molecule has 0 aromatic rings. The average Bonchev–Trinajstić information content (AvgIpc) is 2.12. The number of hydrogen-bond acceptors (Lipinski definition) is 2. The molecule has 0 aromatic heterocycles. The highest BCUT2D eigenvalue weighted by Crippen LogP contribution is 2.35. The van der Waals surface area contributed by atoms with Gasteiger partial charge in [0.2, 0.25) is 14.2 Å². The van der Waals surface area contributed by atoms with Crippen LogP contribution in [-0.2, 0) is 9.32 Å². The van der Waals surface area contributed by atoms with Gasteiger partial charge in [-0.2, -0.15) is 0 Å². The van der Waals surface area contributed by atoms with E-state index < -0.39 is 8.32 Å². The first-order chi connectivity index (χ1) is 7.12. The molecule has 0 aliphatic heterocycles. The fraction of sp³-hybridized carbons (Fsp3) is 0.917. The van der Waals surface area contributed by atoms with Gasteiger partial charge in [0.05, 0.1) is 0 Å². The van der Waals surface area contributed by atoms with Crippen molar-refractivity contribution >= 4 is 14.2 Å². The summed E-state index contributed by atoms with van der Waals surface area (Å²) >= 11 is 0. The van der Waals surface area contributed by atoms with Gasteiger partial charge >= 0.3 is 0 Å². The molecule has 0 fully saturated rings. The van der Waals surface area contributed by atoms with Crippen LogP contribution in [0.2, 0.25) is 18.1 Å². The largest absolute Gasteiger partial charge is 0.320 e. The van der Waals surface area contributed by atoms with Crippen LogP contribution in [0.5, 0.6) is 0 Å². The molecular formula is C12H27NO2Si. The van der Waals surface area contributed by atoms with Gasteiger partial charge in [-0.15, -0.1) is 0 Å². The van der Waals surface area contributed by atoms with Crippen molar-refractivity contribution < 1.29 is 9.32 Å². The number of rotatable bonds is 5. The molecule has 0 aliphatic carbocycles. The van der Waals surface area contributed by atoms with Gasteiger partial charge in [-0.05, 0) is 24.6 Å². The molecule has 1 atom stereocenters. The van der Waals surface area contributed by atoms with Gasteiger partial charge in [0, 0.05) is 5.92 Å². The van der Waals surface area contributed by atoms with Crippen molar-refractivity contribution in [1.82, 2.24) is 5.48 Å². The van der Waals surface area contributed by atoms with Crippen LogP contribution in [0.4, 0.5) is 0 Å². The maximum Gasteiger partial charge on any atom is 0.245 e. The van der Waals surface area contributed by atoms with E-state index in [0.29, 0.717) is 0 Å². The lowest BCUT2D eigenvalue weighted by Crippen LogP contribution is -2.47. The van der Waals surface area contributed by atoms with Crippen molar-refractivity contribution in [3.63, 3.8) is 0 Å². The summed E-state index contributed by atoms with van der Waals surface area (Å²) in [7, 11) is -1.87. The van der Waals surface area contributed by atoms with Crippen molar-refractivity contribution in [3.05, 3.63) is 0 Å². The monoisotopic (exact) mass is 245 g/mol. The predicted molar refractivity (Wildman–Crippen MR) is 70.5 cm³/mol. The first kappa shape index (κ1) is 15.6.